The first-order valence-electron chi connectivity index (χ1n) is 12.6. The number of aromatic nitrogens is 2. The van der Waals surface area contributed by atoms with Crippen molar-refractivity contribution in [2.75, 3.05) is 26.1 Å². The number of carbonyl (C=O) groups is 2. The standard InChI is InChI=1S/C32H27N3O5/c1-20-5-4-6-24(17-20)33-29(36)19-40-32(37)23-11-16-27-28(18-23)35-31(22-9-14-26(39-3)15-10-22)30(34-27)21-7-12-25(38-2)13-8-21/h4-18H,19H2,1-3H3,(H,33,36). The molecular weight excluding hydrogens is 506 g/mol. The zero-order valence-electron chi connectivity index (χ0n) is 22.3. The van der Waals surface area contributed by atoms with Crippen LogP contribution in [-0.2, 0) is 9.53 Å². The van der Waals surface area contributed by atoms with Crippen molar-refractivity contribution >= 4 is 28.6 Å². The molecule has 40 heavy (non-hydrogen) atoms. The van der Waals surface area contributed by atoms with Gasteiger partial charge in [0.05, 0.1) is 42.2 Å². The number of rotatable bonds is 8. The average Bonchev–Trinajstić information content (AvgIpc) is 2.99. The number of benzene rings is 4. The maximum absolute atomic E-state index is 12.8. The lowest BCUT2D eigenvalue weighted by Crippen LogP contribution is -2.21. The van der Waals surface area contributed by atoms with E-state index in [-0.39, 0.29) is 5.56 Å². The van der Waals surface area contributed by atoms with Crippen molar-refractivity contribution in [3.63, 3.8) is 0 Å². The van der Waals surface area contributed by atoms with Crippen molar-refractivity contribution in [3.8, 4) is 34.0 Å². The number of methoxy groups -OCH3 is 2. The summed E-state index contributed by atoms with van der Waals surface area (Å²) in [4.78, 5) is 34.9. The normalized spacial score (nSPS) is 10.7. The molecule has 0 saturated carbocycles. The van der Waals surface area contributed by atoms with Crippen LogP contribution in [0.2, 0.25) is 0 Å². The first-order valence-corrected chi connectivity index (χ1v) is 12.6. The molecule has 5 rings (SSSR count). The molecule has 200 valence electrons. The number of nitrogens with one attached hydrogen (secondary N) is 1. The van der Waals surface area contributed by atoms with E-state index in [0.717, 1.165) is 28.2 Å². The Balaban J connectivity index is 1.43. The number of hydrogen-bond acceptors (Lipinski definition) is 7. The Hall–Kier alpha value is -5.24. The molecule has 1 N–H and O–H groups in total. The highest BCUT2D eigenvalue weighted by molar-refractivity contribution is 5.97. The van der Waals surface area contributed by atoms with Crippen LogP contribution in [0, 0.1) is 6.92 Å². The molecule has 0 bridgehead atoms. The topological polar surface area (TPSA) is 99.6 Å². The number of nitrogens with zero attached hydrogens (tertiary/aromatic N) is 2. The minimum absolute atomic E-state index is 0.267. The van der Waals surface area contributed by atoms with E-state index >= 15 is 0 Å². The van der Waals surface area contributed by atoms with Crippen LogP contribution < -0.4 is 14.8 Å². The molecular formula is C32H27N3O5. The number of esters is 1. The van der Waals surface area contributed by atoms with Gasteiger partial charge >= 0.3 is 5.97 Å². The summed E-state index contributed by atoms with van der Waals surface area (Å²) in [6.07, 6.45) is 0. The molecule has 0 aliphatic carbocycles. The highest BCUT2D eigenvalue weighted by Crippen LogP contribution is 2.33. The van der Waals surface area contributed by atoms with E-state index in [1.165, 1.54) is 0 Å². The monoisotopic (exact) mass is 533 g/mol. The summed E-state index contributed by atoms with van der Waals surface area (Å²) in [5, 5.41) is 2.73. The predicted octanol–water partition coefficient (Wildman–Crippen LogP) is 6.08. The van der Waals surface area contributed by atoms with Gasteiger partial charge in [0.1, 0.15) is 11.5 Å². The average molecular weight is 534 g/mol. The van der Waals surface area contributed by atoms with Gasteiger partial charge in [-0.1, -0.05) is 12.1 Å². The van der Waals surface area contributed by atoms with Gasteiger partial charge in [0, 0.05) is 16.8 Å². The molecule has 5 aromatic rings. The van der Waals surface area contributed by atoms with Crippen LogP contribution in [0.3, 0.4) is 0 Å². The van der Waals surface area contributed by atoms with E-state index in [0.29, 0.717) is 28.1 Å². The Morgan fingerprint density at radius 3 is 1.90 bits per heavy atom. The van der Waals surface area contributed by atoms with E-state index in [9.17, 15) is 9.59 Å². The van der Waals surface area contributed by atoms with Crippen molar-refractivity contribution in [3.05, 3.63) is 102 Å². The lowest BCUT2D eigenvalue weighted by atomic mass is 10.0. The van der Waals surface area contributed by atoms with Gasteiger partial charge in [0.15, 0.2) is 6.61 Å². The third kappa shape index (κ3) is 5.91. The zero-order chi connectivity index (χ0) is 28.1. The van der Waals surface area contributed by atoms with Crippen molar-refractivity contribution in [2.45, 2.75) is 6.92 Å². The molecule has 0 saturated heterocycles. The number of ether oxygens (including phenoxy) is 3. The van der Waals surface area contributed by atoms with Gasteiger partial charge in [-0.05, 0) is 91.3 Å². The molecule has 8 nitrogen and oxygen atoms in total. The molecule has 0 unspecified atom stereocenters. The second kappa shape index (κ2) is 11.7. The van der Waals surface area contributed by atoms with E-state index < -0.39 is 18.5 Å². The van der Waals surface area contributed by atoms with Crippen LogP contribution in [0.1, 0.15) is 15.9 Å². The van der Waals surface area contributed by atoms with Crippen LogP contribution in [0.25, 0.3) is 33.5 Å². The quantitative estimate of drug-likeness (QED) is 0.241. The molecule has 1 heterocycles. The van der Waals surface area contributed by atoms with Gasteiger partial charge < -0.3 is 19.5 Å². The maximum Gasteiger partial charge on any atom is 0.338 e. The summed E-state index contributed by atoms with van der Waals surface area (Å²) < 4.78 is 15.9. The summed E-state index contributed by atoms with van der Waals surface area (Å²) in [6.45, 7) is 1.52. The Morgan fingerprint density at radius 1 is 0.725 bits per heavy atom. The van der Waals surface area contributed by atoms with E-state index in [2.05, 4.69) is 5.32 Å². The number of anilines is 1. The molecule has 8 heteroatoms. The lowest BCUT2D eigenvalue weighted by Gasteiger charge is -2.12. The van der Waals surface area contributed by atoms with Gasteiger partial charge in [0.2, 0.25) is 0 Å². The van der Waals surface area contributed by atoms with E-state index in [1.54, 1.807) is 38.5 Å². The molecule has 0 atom stereocenters. The van der Waals surface area contributed by atoms with Crippen LogP contribution in [0.4, 0.5) is 5.69 Å². The largest absolute Gasteiger partial charge is 0.497 e. The summed E-state index contributed by atoms with van der Waals surface area (Å²) in [6, 6.07) is 27.4. The molecule has 0 aliphatic heterocycles. The highest BCUT2D eigenvalue weighted by atomic mass is 16.5. The first-order chi connectivity index (χ1) is 19.4. The first kappa shape index (κ1) is 26.4. The Labute approximate surface area is 231 Å². The maximum atomic E-state index is 12.8. The molecule has 0 spiro atoms. The molecule has 0 aliphatic rings. The fourth-order valence-electron chi connectivity index (χ4n) is 4.22. The van der Waals surface area contributed by atoms with Gasteiger partial charge in [-0.15, -0.1) is 0 Å². The number of hydrogen-bond donors (Lipinski definition) is 1. The van der Waals surface area contributed by atoms with Crippen LogP contribution >= 0.6 is 0 Å². The lowest BCUT2D eigenvalue weighted by molar-refractivity contribution is -0.119. The summed E-state index contributed by atoms with van der Waals surface area (Å²) in [5.41, 5.74) is 6.07. The fourth-order valence-corrected chi connectivity index (χ4v) is 4.22. The number of fused-ring (bicyclic) bond motifs is 1. The minimum Gasteiger partial charge on any atom is -0.497 e. The molecule has 1 amide bonds. The van der Waals surface area contributed by atoms with E-state index in [1.807, 2.05) is 73.7 Å². The molecule has 4 aromatic carbocycles. The Morgan fingerprint density at radius 2 is 1.32 bits per heavy atom. The summed E-state index contributed by atoms with van der Waals surface area (Å²) >= 11 is 0. The second-order valence-electron chi connectivity index (χ2n) is 9.08. The Kier molecular flexibility index (Phi) is 7.68. The summed E-state index contributed by atoms with van der Waals surface area (Å²) in [5.74, 6) is 0.401. The molecule has 1 aromatic heterocycles. The van der Waals surface area contributed by atoms with E-state index in [4.69, 9.17) is 24.2 Å². The van der Waals surface area contributed by atoms with Gasteiger partial charge in [0.25, 0.3) is 5.91 Å². The fraction of sp³-hybridized carbons (Fsp3) is 0.125. The van der Waals surface area contributed by atoms with Gasteiger partial charge in [-0.25, -0.2) is 14.8 Å². The molecule has 0 radical (unpaired) electrons. The van der Waals surface area contributed by atoms with Gasteiger partial charge in [-0.3, -0.25) is 4.79 Å². The number of amides is 1. The minimum atomic E-state index is -0.631. The number of aryl methyl sites for hydroxylation is 1. The zero-order valence-corrected chi connectivity index (χ0v) is 22.3. The second-order valence-corrected chi connectivity index (χ2v) is 9.08. The van der Waals surface area contributed by atoms with Crippen LogP contribution in [-0.4, -0.2) is 42.7 Å². The van der Waals surface area contributed by atoms with Crippen molar-refractivity contribution < 1.29 is 23.8 Å². The predicted molar refractivity (Wildman–Crippen MR) is 154 cm³/mol. The van der Waals surface area contributed by atoms with Crippen LogP contribution in [0.15, 0.2) is 91.0 Å². The smallest absolute Gasteiger partial charge is 0.338 e. The number of carbonyl (C=O) groups excluding carboxylic acids is 2. The molecule has 0 fully saturated rings. The third-order valence-corrected chi connectivity index (χ3v) is 6.26. The van der Waals surface area contributed by atoms with Crippen molar-refractivity contribution in [2.24, 2.45) is 0 Å². The van der Waals surface area contributed by atoms with Crippen molar-refractivity contribution in [1.29, 1.82) is 0 Å². The van der Waals surface area contributed by atoms with Crippen molar-refractivity contribution in [1.82, 2.24) is 9.97 Å². The van der Waals surface area contributed by atoms with Crippen LogP contribution in [0.5, 0.6) is 11.5 Å². The Bertz CT molecular complexity index is 1680. The summed E-state index contributed by atoms with van der Waals surface area (Å²) in [7, 11) is 3.23. The van der Waals surface area contributed by atoms with Gasteiger partial charge in [-0.2, -0.15) is 0 Å². The SMILES string of the molecule is COc1ccc(-c2nc3ccc(C(=O)OCC(=O)Nc4cccc(C)c4)cc3nc2-c2ccc(OC)cc2)cc1. The third-order valence-electron chi connectivity index (χ3n) is 6.26. The highest BCUT2D eigenvalue weighted by Gasteiger charge is 2.17.